The number of nitrogens with one attached hydrogen (secondary N) is 2. The van der Waals surface area contributed by atoms with Gasteiger partial charge in [-0.05, 0) is 37.1 Å². The van der Waals surface area contributed by atoms with Crippen LogP contribution in [0, 0.1) is 12.7 Å². The highest BCUT2D eigenvalue weighted by atomic mass is 19.1. The first kappa shape index (κ1) is 19.4. The summed E-state index contributed by atoms with van der Waals surface area (Å²) in [5, 5.41) is 6.39. The van der Waals surface area contributed by atoms with Crippen molar-refractivity contribution >= 4 is 17.5 Å². The summed E-state index contributed by atoms with van der Waals surface area (Å²) in [5.74, 6) is 2.24. The van der Waals surface area contributed by atoms with E-state index in [9.17, 15) is 4.39 Å². The molecule has 3 rings (SSSR count). The number of hydrogen-bond acceptors (Lipinski definition) is 6. The van der Waals surface area contributed by atoms with Crippen LogP contribution in [-0.2, 0) is 6.42 Å². The summed E-state index contributed by atoms with van der Waals surface area (Å²) in [6, 6.07) is 14.0. The summed E-state index contributed by atoms with van der Waals surface area (Å²) in [6.07, 6.45) is 0.558. The minimum Gasteiger partial charge on any atom is -0.497 e. The third kappa shape index (κ3) is 4.88. The van der Waals surface area contributed by atoms with Crippen LogP contribution in [0.2, 0.25) is 0 Å². The van der Waals surface area contributed by atoms with E-state index in [0.717, 1.165) is 5.69 Å². The third-order valence-corrected chi connectivity index (χ3v) is 4.17. The Kier molecular flexibility index (Phi) is 6.26. The zero-order chi connectivity index (χ0) is 19.9. The smallest absolute Gasteiger partial charge is 0.229 e. The summed E-state index contributed by atoms with van der Waals surface area (Å²) >= 11 is 0. The van der Waals surface area contributed by atoms with Crippen LogP contribution in [0.3, 0.4) is 0 Å². The number of anilines is 3. The number of benzene rings is 2. The molecule has 28 heavy (non-hydrogen) atoms. The van der Waals surface area contributed by atoms with E-state index in [1.54, 1.807) is 26.4 Å². The van der Waals surface area contributed by atoms with Gasteiger partial charge < -0.3 is 20.1 Å². The van der Waals surface area contributed by atoms with Crippen molar-refractivity contribution in [3.63, 3.8) is 0 Å². The zero-order valence-electron chi connectivity index (χ0n) is 16.1. The van der Waals surface area contributed by atoms with Crippen LogP contribution in [0.4, 0.5) is 21.8 Å². The molecule has 0 unspecified atom stereocenters. The van der Waals surface area contributed by atoms with E-state index in [1.807, 2.05) is 37.3 Å². The van der Waals surface area contributed by atoms with E-state index < -0.39 is 0 Å². The number of hydrogen-bond donors (Lipinski definition) is 2. The van der Waals surface area contributed by atoms with Gasteiger partial charge in [0.1, 0.15) is 23.1 Å². The highest BCUT2D eigenvalue weighted by molar-refractivity contribution is 5.65. The lowest BCUT2D eigenvalue weighted by molar-refractivity contribution is 0.405. The lowest BCUT2D eigenvalue weighted by Crippen LogP contribution is -2.09. The van der Waals surface area contributed by atoms with Gasteiger partial charge in [0.15, 0.2) is 0 Å². The molecule has 2 aromatic carbocycles. The standard InChI is InChI=1S/C21H23FN4O2/c1-14-12-20(23-11-10-15-6-4-5-7-17(15)22)26-21(24-14)25-18-13-16(27-2)8-9-19(18)28-3/h4-9,12-13H,10-11H2,1-3H3,(H2,23,24,25,26). The number of rotatable bonds is 8. The molecule has 3 aromatic rings. The van der Waals surface area contributed by atoms with Gasteiger partial charge in [-0.25, -0.2) is 9.37 Å². The van der Waals surface area contributed by atoms with Crippen LogP contribution in [-0.4, -0.2) is 30.7 Å². The molecule has 1 heterocycles. The van der Waals surface area contributed by atoms with Gasteiger partial charge in [-0.2, -0.15) is 4.98 Å². The Bertz CT molecular complexity index is 949. The fourth-order valence-electron chi connectivity index (χ4n) is 2.77. The Morgan fingerprint density at radius 2 is 1.82 bits per heavy atom. The maximum atomic E-state index is 13.7. The monoisotopic (exact) mass is 382 g/mol. The Morgan fingerprint density at radius 3 is 2.57 bits per heavy atom. The molecular weight excluding hydrogens is 359 g/mol. The SMILES string of the molecule is COc1ccc(OC)c(Nc2nc(C)cc(NCCc3ccccc3F)n2)c1. The molecule has 2 N–H and O–H groups in total. The minimum absolute atomic E-state index is 0.198. The van der Waals surface area contributed by atoms with Crippen LogP contribution in [0.1, 0.15) is 11.3 Å². The number of aromatic nitrogens is 2. The van der Waals surface area contributed by atoms with Gasteiger partial charge in [-0.1, -0.05) is 18.2 Å². The molecule has 6 nitrogen and oxygen atoms in total. The Balaban J connectivity index is 1.72. The van der Waals surface area contributed by atoms with Crippen molar-refractivity contribution < 1.29 is 13.9 Å². The van der Waals surface area contributed by atoms with E-state index in [1.165, 1.54) is 6.07 Å². The first-order chi connectivity index (χ1) is 13.6. The molecule has 0 radical (unpaired) electrons. The molecule has 0 saturated heterocycles. The quantitative estimate of drug-likeness (QED) is 0.604. The molecule has 0 saturated carbocycles. The van der Waals surface area contributed by atoms with Crippen molar-refractivity contribution in [2.24, 2.45) is 0 Å². The van der Waals surface area contributed by atoms with E-state index in [0.29, 0.717) is 47.5 Å². The predicted octanol–water partition coefficient (Wildman–Crippen LogP) is 4.34. The van der Waals surface area contributed by atoms with Gasteiger partial charge in [0.05, 0.1) is 19.9 Å². The van der Waals surface area contributed by atoms with Gasteiger partial charge in [-0.15, -0.1) is 0 Å². The molecule has 0 amide bonds. The number of aryl methyl sites for hydroxylation is 1. The Hall–Kier alpha value is -3.35. The average Bonchev–Trinajstić information content (AvgIpc) is 2.69. The van der Waals surface area contributed by atoms with E-state index in [4.69, 9.17) is 9.47 Å². The Labute approximate surface area is 163 Å². The second kappa shape index (κ2) is 9.03. The summed E-state index contributed by atoms with van der Waals surface area (Å²) < 4.78 is 24.4. The van der Waals surface area contributed by atoms with Gasteiger partial charge >= 0.3 is 0 Å². The molecule has 0 spiro atoms. The fourth-order valence-corrected chi connectivity index (χ4v) is 2.77. The molecule has 0 aliphatic rings. The third-order valence-electron chi connectivity index (χ3n) is 4.17. The molecule has 0 fully saturated rings. The minimum atomic E-state index is -0.198. The topological polar surface area (TPSA) is 68.3 Å². The molecule has 0 atom stereocenters. The zero-order valence-corrected chi connectivity index (χ0v) is 16.1. The van der Waals surface area contributed by atoms with Crippen molar-refractivity contribution in [1.82, 2.24) is 9.97 Å². The van der Waals surface area contributed by atoms with Crippen molar-refractivity contribution in [1.29, 1.82) is 0 Å². The highest BCUT2D eigenvalue weighted by Gasteiger charge is 2.09. The molecule has 0 aliphatic carbocycles. The first-order valence-corrected chi connectivity index (χ1v) is 8.91. The van der Waals surface area contributed by atoms with Crippen molar-refractivity contribution in [3.05, 3.63) is 65.6 Å². The number of ether oxygens (including phenoxy) is 2. The normalized spacial score (nSPS) is 10.4. The molecule has 146 valence electrons. The maximum absolute atomic E-state index is 13.7. The van der Waals surface area contributed by atoms with E-state index in [2.05, 4.69) is 20.6 Å². The maximum Gasteiger partial charge on any atom is 0.229 e. The second-order valence-electron chi connectivity index (χ2n) is 6.18. The fraction of sp³-hybridized carbons (Fsp3) is 0.238. The number of methoxy groups -OCH3 is 2. The van der Waals surface area contributed by atoms with Gasteiger partial charge in [0.25, 0.3) is 0 Å². The second-order valence-corrected chi connectivity index (χ2v) is 6.18. The van der Waals surface area contributed by atoms with E-state index >= 15 is 0 Å². The Morgan fingerprint density at radius 1 is 1.00 bits per heavy atom. The lowest BCUT2D eigenvalue weighted by Gasteiger charge is -2.13. The first-order valence-electron chi connectivity index (χ1n) is 8.91. The van der Waals surface area contributed by atoms with Gasteiger partial charge in [0, 0.05) is 24.4 Å². The number of halogens is 1. The van der Waals surface area contributed by atoms with Crippen LogP contribution < -0.4 is 20.1 Å². The summed E-state index contributed by atoms with van der Waals surface area (Å²) in [7, 11) is 3.20. The summed E-state index contributed by atoms with van der Waals surface area (Å²) in [6.45, 7) is 2.44. The largest absolute Gasteiger partial charge is 0.497 e. The molecular formula is C21H23FN4O2. The van der Waals surface area contributed by atoms with E-state index in [-0.39, 0.29) is 5.82 Å². The van der Waals surface area contributed by atoms with Crippen molar-refractivity contribution in [2.45, 2.75) is 13.3 Å². The van der Waals surface area contributed by atoms with Gasteiger partial charge in [-0.3, -0.25) is 0 Å². The number of nitrogens with zero attached hydrogens (tertiary/aromatic N) is 2. The molecule has 0 aliphatic heterocycles. The lowest BCUT2D eigenvalue weighted by atomic mass is 10.1. The van der Waals surface area contributed by atoms with Crippen molar-refractivity contribution in [2.75, 3.05) is 31.4 Å². The van der Waals surface area contributed by atoms with Crippen LogP contribution in [0.15, 0.2) is 48.5 Å². The van der Waals surface area contributed by atoms with Crippen molar-refractivity contribution in [3.8, 4) is 11.5 Å². The van der Waals surface area contributed by atoms with Crippen LogP contribution in [0.5, 0.6) is 11.5 Å². The van der Waals surface area contributed by atoms with Crippen LogP contribution in [0.25, 0.3) is 0 Å². The molecule has 7 heteroatoms. The molecule has 0 bridgehead atoms. The highest BCUT2D eigenvalue weighted by Crippen LogP contribution is 2.30. The summed E-state index contributed by atoms with van der Waals surface area (Å²) in [4.78, 5) is 8.91. The predicted molar refractivity (Wildman–Crippen MR) is 108 cm³/mol. The average molecular weight is 382 g/mol. The molecule has 1 aromatic heterocycles. The van der Waals surface area contributed by atoms with Gasteiger partial charge in [0.2, 0.25) is 5.95 Å². The summed E-state index contributed by atoms with van der Waals surface area (Å²) in [5.41, 5.74) is 2.16. The van der Waals surface area contributed by atoms with Crippen LogP contribution >= 0.6 is 0 Å².